The van der Waals surface area contributed by atoms with Crippen molar-refractivity contribution in [1.82, 2.24) is 9.97 Å². The maximum Gasteiger partial charge on any atom is 0.248 e. The Hall–Kier alpha value is -1.72. The average molecular weight is 280 g/mol. The van der Waals surface area contributed by atoms with Crippen molar-refractivity contribution in [3.8, 4) is 11.6 Å². The fraction of sp³-hybridized carbons (Fsp3) is 0.0833. The third kappa shape index (κ3) is 2.75. The molecule has 0 bridgehead atoms. The summed E-state index contributed by atoms with van der Waals surface area (Å²) in [6.07, 6.45) is 3.03. The lowest BCUT2D eigenvalue weighted by Gasteiger charge is -2.10. The van der Waals surface area contributed by atoms with Gasteiger partial charge in [0.1, 0.15) is 10.7 Å². The monoisotopic (exact) mass is 279 g/mol. The van der Waals surface area contributed by atoms with Crippen LogP contribution in [0, 0.1) is 6.92 Å². The van der Waals surface area contributed by atoms with E-state index in [1.165, 1.54) is 12.4 Å². The van der Waals surface area contributed by atoms with E-state index in [0.29, 0.717) is 16.5 Å². The van der Waals surface area contributed by atoms with Gasteiger partial charge < -0.3 is 10.5 Å². The SMILES string of the molecule is Cc1cc(Cl)ccc1Oc1nccnc1C(N)=S. The molecule has 18 heavy (non-hydrogen) atoms. The molecule has 0 fully saturated rings. The van der Waals surface area contributed by atoms with Crippen molar-refractivity contribution < 1.29 is 4.74 Å². The van der Waals surface area contributed by atoms with Gasteiger partial charge >= 0.3 is 0 Å². The van der Waals surface area contributed by atoms with E-state index in [2.05, 4.69) is 9.97 Å². The number of aromatic nitrogens is 2. The van der Waals surface area contributed by atoms with Gasteiger partial charge in [-0.25, -0.2) is 9.97 Å². The quantitative estimate of drug-likeness (QED) is 0.876. The van der Waals surface area contributed by atoms with E-state index in [4.69, 9.17) is 34.3 Å². The molecule has 0 aliphatic rings. The van der Waals surface area contributed by atoms with E-state index in [1.54, 1.807) is 18.2 Å². The fourth-order valence-corrected chi connectivity index (χ4v) is 1.77. The molecule has 2 rings (SSSR count). The fourth-order valence-electron chi connectivity index (χ4n) is 1.40. The molecule has 2 aromatic rings. The number of halogens is 1. The van der Waals surface area contributed by atoms with Crippen LogP contribution in [0.1, 0.15) is 11.3 Å². The zero-order chi connectivity index (χ0) is 13.1. The van der Waals surface area contributed by atoms with E-state index in [1.807, 2.05) is 6.92 Å². The number of nitrogens with zero attached hydrogens (tertiary/aromatic N) is 2. The molecule has 0 radical (unpaired) electrons. The second kappa shape index (κ2) is 5.29. The van der Waals surface area contributed by atoms with Crippen molar-refractivity contribution in [3.63, 3.8) is 0 Å². The molecule has 0 saturated heterocycles. The van der Waals surface area contributed by atoms with Crippen molar-refractivity contribution in [1.29, 1.82) is 0 Å². The highest BCUT2D eigenvalue weighted by molar-refractivity contribution is 7.80. The molecule has 2 N–H and O–H groups in total. The first-order valence-corrected chi connectivity index (χ1v) is 5.91. The number of rotatable bonds is 3. The van der Waals surface area contributed by atoms with Crippen molar-refractivity contribution in [2.45, 2.75) is 6.92 Å². The molecule has 0 saturated carbocycles. The second-order valence-corrected chi connectivity index (χ2v) is 4.46. The van der Waals surface area contributed by atoms with E-state index >= 15 is 0 Å². The smallest absolute Gasteiger partial charge is 0.248 e. The van der Waals surface area contributed by atoms with Gasteiger partial charge in [0.2, 0.25) is 5.88 Å². The highest BCUT2D eigenvalue weighted by Crippen LogP contribution is 2.27. The summed E-state index contributed by atoms with van der Waals surface area (Å²) in [6.45, 7) is 1.89. The highest BCUT2D eigenvalue weighted by atomic mass is 35.5. The van der Waals surface area contributed by atoms with Crippen LogP contribution in [0.4, 0.5) is 0 Å². The third-order valence-corrected chi connectivity index (χ3v) is 2.67. The van der Waals surface area contributed by atoms with E-state index in [0.717, 1.165) is 5.56 Å². The maximum absolute atomic E-state index is 5.88. The third-order valence-electron chi connectivity index (χ3n) is 2.24. The summed E-state index contributed by atoms with van der Waals surface area (Å²) >= 11 is 10.8. The van der Waals surface area contributed by atoms with Gasteiger partial charge in [-0.1, -0.05) is 23.8 Å². The zero-order valence-corrected chi connectivity index (χ0v) is 11.1. The van der Waals surface area contributed by atoms with Crippen molar-refractivity contribution in [3.05, 3.63) is 46.9 Å². The molecule has 6 heteroatoms. The molecule has 1 aromatic carbocycles. The molecular formula is C12H10ClN3OS. The molecule has 0 atom stereocenters. The molecule has 0 aliphatic carbocycles. The number of nitrogens with two attached hydrogens (primary N) is 1. The molecule has 0 unspecified atom stereocenters. The topological polar surface area (TPSA) is 61.0 Å². The molecule has 4 nitrogen and oxygen atoms in total. The number of hydrogen-bond acceptors (Lipinski definition) is 4. The van der Waals surface area contributed by atoms with Gasteiger partial charge in [0, 0.05) is 17.4 Å². The summed E-state index contributed by atoms with van der Waals surface area (Å²) in [6, 6.07) is 5.30. The van der Waals surface area contributed by atoms with Gasteiger partial charge in [-0.05, 0) is 30.7 Å². The predicted octanol–water partition coefficient (Wildman–Crippen LogP) is 2.86. The minimum Gasteiger partial charge on any atom is -0.437 e. The minimum atomic E-state index is 0.143. The summed E-state index contributed by atoms with van der Waals surface area (Å²) in [5.74, 6) is 0.924. The molecule has 1 aromatic heterocycles. The van der Waals surface area contributed by atoms with Gasteiger partial charge in [-0.3, -0.25) is 0 Å². The van der Waals surface area contributed by atoms with Gasteiger partial charge in [0.25, 0.3) is 0 Å². The van der Waals surface area contributed by atoms with Gasteiger partial charge in [-0.15, -0.1) is 0 Å². The van der Waals surface area contributed by atoms with Crippen LogP contribution < -0.4 is 10.5 Å². The van der Waals surface area contributed by atoms with Crippen molar-refractivity contribution >= 4 is 28.8 Å². The first-order chi connectivity index (χ1) is 8.58. The van der Waals surface area contributed by atoms with Crippen LogP contribution in [0.2, 0.25) is 5.02 Å². The molecular weight excluding hydrogens is 270 g/mol. The van der Waals surface area contributed by atoms with Crippen molar-refractivity contribution in [2.75, 3.05) is 0 Å². The molecule has 0 aliphatic heterocycles. The van der Waals surface area contributed by atoms with Gasteiger partial charge in [0.05, 0.1) is 0 Å². The Kier molecular flexibility index (Phi) is 3.74. The predicted molar refractivity (Wildman–Crippen MR) is 74.2 cm³/mol. The molecule has 0 spiro atoms. The Bertz CT molecular complexity index is 604. The Morgan fingerprint density at radius 1 is 1.33 bits per heavy atom. The van der Waals surface area contributed by atoms with Crippen LogP contribution >= 0.6 is 23.8 Å². The lowest BCUT2D eigenvalue weighted by atomic mass is 10.2. The summed E-state index contributed by atoms with van der Waals surface area (Å²) in [4.78, 5) is 8.26. The molecule has 0 amide bonds. The Balaban J connectivity index is 2.37. The number of hydrogen-bond donors (Lipinski definition) is 1. The summed E-state index contributed by atoms with van der Waals surface area (Å²) in [7, 11) is 0. The lowest BCUT2D eigenvalue weighted by Crippen LogP contribution is -2.13. The Labute approximate surface area is 115 Å². The van der Waals surface area contributed by atoms with Crippen LogP contribution in [0.5, 0.6) is 11.6 Å². The van der Waals surface area contributed by atoms with E-state index in [9.17, 15) is 0 Å². The summed E-state index contributed by atoms with van der Waals surface area (Å²) in [5, 5.41) is 0.647. The summed E-state index contributed by atoms with van der Waals surface area (Å²) < 4.78 is 5.66. The Morgan fingerprint density at radius 3 is 2.72 bits per heavy atom. The summed E-state index contributed by atoms with van der Waals surface area (Å²) in [5.41, 5.74) is 6.81. The number of thiocarbonyl (C=S) groups is 1. The van der Waals surface area contributed by atoms with Gasteiger partial charge in [0.15, 0.2) is 5.69 Å². The average Bonchev–Trinajstić information content (AvgIpc) is 2.33. The first kappa shape index (κ1) is 12.7. The van der Waals surface area contributed by atoms with Crippen LogP contribution in [0.25, 0.3) is 0 Å². The number of ether oxygens (including phenoxy) is 1. The highest BCUT2D eigenvalue weighted by Gasteiger charge is 2.11. The van der Waals surface area contributed by atoms with E-state index in [-0.39, 0.29) is 10.9 Å². The first-order valence-electron chi connectivity index (χ1n) is 5.13. The number of aryl methyl sites for hydroxylation is 1. The molecule has 92 valence electrons. The van der Waals surface area contributed by atoms with Crippen LogP contribution in [0.15, 0.2) is 30.6 Å². The minimum absolute atomic E-state index is 0.143. The lowest BCUT2D eigenvalue weighted by molar-refractivity contribution is 0.455. The molecule has 1 heterocycles. The van der Waals surface area contributed by atoms with Crippen LogP contribution in [0.3, 0.4) is 0 Å². The second-order valence-electron chi connectivity index (χ2n) is 3.59. The standard InChI is InChI=1S/C12H10ClN3OS/c1-7-6-8(13)2-3-9(7)17-12-10(11(14)18)15-4-5-16-12/h2-6H,1H3,(H2,14,18). The van der Waals surface area contributed by atoms with Gasteiger partial charge in [-0.2, -0.15) is 0 Å². The Morgan fingerprint density at radius 2 is 2.06 bits per heavy atom. The maximum atomic E-state index is 5.88. The van der Waals surface area contributed by atoms with E-state index < -0.39 is 0 Å². The van der Waals surface area contributed by atoms with Crippen molar-refractivity contribution in [2.24, 2.45) is 5.73 Å². The zero-order valence-electron chi connectivity index (χ0n) is 9.55. The van der Waals surface area contributed by atoms with Crippen LogP contribution in [-0.2, 0) is 0 Å². The van der Waals surface area contributed by atoms with Crippen LogP contribution in [-0.4, -0.2) is 15.0 Å². The number of benzene rings is 1. The largest absolute Gasteiger partial charge is 0.437 e. The normalized spacial score (nSPS) is 10.1.